The van der Waals surface area contributed by atoms with Crippen molar-refractivity contribution in [1.29, 1.82) is 10.5 Å². The van der Waals surface area contributed by atoms with Gasteiger partial charge in [-0.05, 0) is 6.07 Å². The monoisotopic (exact) mass is 277 g/mol. The third-order valence-corrected chi connectivity index (χ3v) is 2.39. The molecule has 0 atom stereocenters. The van der Waals surface area contributed by atoms with Gasteiger partial charge < -0.3 is 10.6 Å². The molecule has 1 aromatic carbocycles. The molecule has 0 aromatic heterocycles. The van der Waals surface area contributed by atoms with Gasteiger partial charge in [0.25, 0.3) is 11.6 Å². The predicted molar refractivity (Wildman–Crippen MR) is 64.6 cm³/mol. The maximum Gasteiger partial charge on any atom is 0.293 e. The number of nitro groups is 1. The van der Waals surface area contributed by atoms with Crippen molar-refractivity contribution in [2.45, 2.75) is 0 Å². The third kappa shape index (κ3) is 2.79. The number of amides is 1. The van der Waals surface area contributed by atoms with Gasteiger partial charge in [-0.1, -0.05) is 0 Å². The van der Waals surface area contributed by atoms with Crippen molar-refractivity contribution < 1.29 is 14.1 Å². The number of rotatable bonds is 4. The number of nitriles is 2. The summed E-state index contributed by atoms with van der Waals surface area (Å²) in [5.41, 5.74) is 3.44. The minimum Gasteiger partial charge on any atom is -0.392 e. The number of benzene rings is 1. The first-order valence-corrected chi connectivity index (χ1v) is 5.19. The second-order valence-electron chi connectivity index (χ2n) is 3.59. The number of carbonyl (C=O) groups is 1. The molecule has 2 N–H and O–H groups in total. The molecule has 0 unspecified atom stereocenters. The standard InChI is InChI=1S/C11H8FN5O3/c12-7-1-2-8(17(19)20)10(15)9(7)11(18)16(5-3-13)6-4-14/h1-2H,5-6,15H2. The van der Waals surface area contributed by atoms with Crippen LogP contribution >= 0.6 is 0 Å². The van der Waals surface area contributed by atoms with Crippen molar-refractivity contribution in [2.24, 2.45) is 0 Å². The molecule has 0 aliphatic carbocycles. The summed E-state index contributed by atoms with van der Waals surface area (Å²) in [6.07, 6.45) is 0. The van der Waals surface area contributed by atoms with Gasteiger partial charge in [0.05, 0.1) is 17.1 Å². The lowest BCUT2D eigenvalue weighted by Gasteiger charge is -2.17. The van der Waals surface area contributed by atoms with E-state index in [1.54, 1.807) is 12.1 Å². The number of carbonyl (C=O) groups excluding carboxylic acids is 1. The van der Waals surface area contributed by atoms with Gasteiger partial charge in [0.2, 0.25) is 0 Å². The lowest BCUT2D eigenvalue weighted by molar-refractivity contribution is -0.384. The van der Waals surface area contributed by atoms with E-state index in [-0.39, 0.29) is 0 Å². The van der Waals surface area contributed by atoms with Crippen molar-refractivity contribution >= 4 is 17.3 Å². The molecule has 0 aliphatic rings. The number of hydrogen-bond donors (Lipinski definition) is 1. The van der Waals surface area contributed by atoms with Gasteiger partial charge in [0, 0.05) is 6.07 Å². The Hall–Kier alpha value is -3.20. The van der Waals surface area contributed by atoms with Crippen LogP contribution in [-0.4, -0.2) is 28.8 Å². The molecule has 1 rings (SSSR count). The van der Waals surface area contributed by atoms with E-state index in [9.17, 15) is 19.3 Å². The smallest absolute Gasteiger partial charge is 0.293 e. The van der Waals surface area contributed by atoms with E-state index in [0.29, 0.717) is 0 Å². The SMILES string of the molecule is N#CCN(CC#N)C(=O)c1c(F)ccc([N+](=O)[O-])c1N. The maximum atomic E-state index is 13.7. The van der Waals surface area contributed by atoms with Crippen LogP contribution in [0.15, 0.2) is 12.1 Å². The Kier molecular flexibility index (Phi) is 4.54. The molecular weight excluding hydrogens is 269 g/mol. The van der Waals surface area contributed by atoms with Gasteiger partial charge in [0.1, 0.15) is 30.2 Å². The van der Waals surface area contributed by atoms with E-state index in [0.717, 1.165) is 17.0 Å². The molecule has 0 saturated heterocycles. The van der Waals surface area contributed by atoms with Gasteiger partial charge in [-0.3, -0.25) is 14.9 Å². The minimum absolute atomic E-state index is 0.464. The van der Waals surface area contributed by atoms with Crippen LogP contribution in [0.5, 0.6) is 0 Å². The summed E-state index contributed by atoms with van der Waals surface area (Å²) in [4.78, 5) is 22.6. The molecule has 0 spiro atoms. The molecule has 102 valence electrons. The molecule has 8 nitrogen and oxygen atoms in total. The molecule has 0 aliphatic heterocycles. The molecular formula is C11H8FN5O3. The number of hydrogen-bond acceptors (Lipinski definition) is 6. The van der Waals surface area contributed by atoms with E-state index >= 15 is 0 Å². The van der Waals surface area contributed by atoms with Gasteiger partial charge in [0.15, 0.2) is 0 Å². The molecule has 0 radical (unpaired) electrons. The summed E-state index contributed by atoms with van der Waals surface area (Å²) in [6, 6.07) is 4.84. The van der Waals surface area contributed by atoms with Crippen LogP contribution in [0.3, 0.4) is 0 Å². The number of nitro benzene ring substituents is 1. The Balaban J connectivity index is 3.35. The van der Waals surface area contributed by atoms with Gasteiger partial charge >= 0.3 is 0 Å². The fourth-order valence-electron chi connectivity index (χ4n) is 1.49. The van der Waals surface area contributed by atoms with Crippen LogP contribution in [0.4, 0.5) is 15.8 Å². The normalized spacial score (nSPS) is 9.35. The highest BCUT2D eigenvalue weighted by molar-refractivity contribution is 6.01. The average molecular weight is 277 g/mol. The van der Waals surface area contributed by atoms with Gasteiger partial charge in [-0.15, -0.1) is 0 Å². The first-order chi connectivity index (χ1) is 9.43. The van der Waals surface area contributed by atoms with Crippen molar-refractivity contribution in [2.75, 3.05) is 18.8 Å². The number of nitrogen functional groups attached to an aromatic ring is 1. The molecule has 0 saturated carbocycles. The highest BCUT2D eigenvalue weighted by Gasteiger charge is 2.27. The van der Waals surface area contributed by atoms with Crippen molar-refractivity contribution in [3.05, 3.63) is 33.6 Å². The molecule has 0 heterocycles. The van der Waals surface area contributed by atoms with Crippen molar-refractivity contribution in [1.82, 2.24) is 4.90 Å². The van der Waals surface area contributed by atoms with E-state index < -0.39 is 46.7 Å². The Labute approximate surface area is 112 Å². The van der Waals surface area contributed by atoms with Gasteiger partial charge in [-0.2, -0.15) is 10.5 Å². The van der Waals surface area contributed by atoms with E-state index in [1.165, 1.54) is 0 Å². The van der Waals surface area contributed by atoms with Gasteiger partial charge in [-0.25, -0.2) is 4.39 Å². The molecule has 0 fully saturated rings. The minimum atomic E-state index is -1.06. The zero-order valence-corrected chi connectivity index (χ0v) is 10.0. The maximum absolute atomic E-state index is 13.7. The molecule has 1 aromatic rings. The highest BCUT2D eigenvalue weighted by Crippen LogP contribution is 2.28. The number of anilines is 1. The molecule has 9 heteroatoms. The zero-order chi connectivity index (χ0) is 15.3. The fourth-order valence-corrected chi connectivity index (χ4v) is 1.49. The van der Waals surface area contributed by atoms with Crippen LogP contribution in [-0.2, 0) is 0 Å². The summed E-state index contributed by atoms with van der Waals surface area (Å²) in [7, 11) is 0. The number of halogens is 1. The average Bonchev–Trinajstić information content (AvgIpc) is 2.37. The number of nitrogens with two attached hydrogens (primary N) is 1. The Morgan fingerprint density at radius 3 is 2.40 bits per heavy atom. The van der Waals surface area contributed by atoms with Crippen LogP contribution in [0.1, 0.15) is 10.4 Å². The Morgan fingerprint density at radius 2 is 1.95 bits per heavy atom. The quantitative estimate of drug-likeness (QED) is 0.374. The Bertz CT molecular complexity index is 631. The molecule has 1 amide bonds. The molecule has 20 heavy (non-hydrogen) atoms. The van der Waals surface area contributed by atoms with Crippen LogP contribution in [0, 0.1) is 38.6 Å². The van der Waals surface area contributed by atoms with Crippen molar-refractivity contribution in [3.8, 4) is 12.1 Å². The summed E-state index contributed by atoms with van der Waals surface area (Å²) >= 11 is 0. The second kappa shape index (κ2) is 6.11. The summed E-state index contributed by atoms with van der Waals surface area (Å²) in [5, 5.41) is 27.8. The van der Waals surface area contributed by atoms with E-state index in [2.05, 4.69) is 0 Å². The van der Waals surface area contributed by atoms with Crippen molar-refractivity contribution in [3.63, 3.8) is 0 Å². The largest absolute Gasteiger partial charge is 0.392 e. The van der Waals surface area contributed by atoms with E-state index in [4.69, 9.17) is 16.3 Å². The topological polar surface area (TPSA) is 137 Å². The van der Waals surface area contributed by atoms with Crippen LogP contribution in [0.25, 0.3) is 0 Å². The lowest BCUT2D eigenvalue weighted by Crippen LogP contribution is -2.33. The zero-order valence-electron chi connectivity index (χ0n) is 10.0. The third-order valence-electron chi connectivity index (χ3n) is 2.39. The Morgan fingerprint density at radius 1 is 1.40 bits per heavy atom. The predicted octanol–water partition coefficient (Wildman–Crippen LogP) is 0.805. The van der Waals surface area contributed by atoms with Crippen LogP contribution in [0.2, 0.25) is 0 Å². The highest BCUT2D eigenvalue weighted by atomic mass is 19.1. The fraction of sp³-hybridized carbons (Fsp3) is 0.182. The lowest BCUT2D eigenvalue weighted by atomic mass is 10.1. The number of nitrogens with zero attached hydrogens (tertiary/aromatic N) is 4. The summed E-state index contributed by atoms with van der Waals surface area (Å²) < 4.78 is 13.7. The molecule has 0 bridgehead atoms. The first kappa shape index (κ1) is 14.9. The summed E-state index contributed by atoms with van der Waals surface area (Å²) in [6.45, 7) is -0.929. The summed E-state index contributed by atoms with van der Waals surface area (Å²) in [5.74, 6) is -2.11. The first-order valence-electron chi connectivity index (χ1n) is 5.19. The van der Waals surface area contributed by atoms with E-state index in [1.807, 2.05) is 0 Å². The second-order valence-corrected chi connectivity index (χ2v) is 3.59. The van der Waals surface area contributed by atoms with Crippen LogP contribution < -0.4 is 5.73 Å².